The predicted octanol–water partition coefficient (Wildman–Crippen LogP) is 2.75. The molecule has 0 saturated carbocycles. The number of hydrogen-bond donors (Lipinski definition) is 2. The second-order valence-corrected chi connectivity index (χ2v) is 7.10. The normalized spacial score (nSPS) is 15.9. The van der Waals surface area contributed by atoms with Gasteiger partial charge in [-0.25, -0.2) is 13.1 Å². The zero-order chi connectivity index (χ0) is 14.6. The summed E-state index contributed by atoms with van der Waals surface area (Å²) in [6.45, 7) is 2.28. The Morgan fingerprint density at radius 2 is 2.05 bits per heavy atom. The quantitative estimate of drug-likeness (QED) is 0.648. The van der Waals surface area contributed by atoms with Crippen molar-refractivity contribution < 1.29 is 8.42 Å². The second kappa shape index (κ2) is 6.41. The first kappa shape index (κ1) is 15.1. The fourth-order valence-electron chi connectivity index (χ4n) is 2.49. The van der Waals surface area contributed by atoms with Crippen molar-refractivity contribution in [2.75, 3.05) is 12.3 Å². The summed E-state index contributed by atoms with van der Waals surface area (Å²) in [5.41, 5.74) is 8.38. The number of rotatable bonds is 5. The van der Waals surface area contributed by atoms with Gasteiger partial charge in [-0.2, -0.15) is 0 Å². The minimum Gasteiger partial charge on any atom is -0.399 e. The van der Waals surface area contributed by atoms with Crippen molar-refractivity contribution in [3.8, 4) is 0 Å². The molecule has 0 saturated heterocycles. The molecule has 0 spiro atoms. The van der Waals surface area contributed by atoms with Crippen LogP contribution >= 0.6 is 0 Å². The van der Waals surface area contributed by atoms with E-state index < -0.39 is 10.0 Å². The monoisotopic (exact) mass is 294 g/mol. The minimum atomic E-state index is -3.46. The number of nitrogens with one attached hydrogen (secondary N) is 1. The summed E-state index contributed by atoms with van der Waals surface area (Å²) in [5, 5.41) is 0. The number of hydrogen-bond acceptors (Lipinski definition) is 3. The molecule has 0 radical (unpaired) electrons. The fourth-order valence-corrected chi connectivity index (χ4v) is 3.66. The van der Waals surface area contributed by atoms with Crippen molar-refractivity contribution in [1.29, 1.82) is 0 Å². The van der Waals surface area contributed by atoms with E-state index in [-0.39, 0.29) is 4.90 Å². The number of benzene rings is 1. The van der Waals surface area contributed by atoms with Crippen LogP contribution in [0.3, 0.4) is 0 Å². The summed E-state index contributed by atoms with van der Waals surface area (Å²) in [4.78, 5) is 0.243. The third-order valence-electron chi connectivity index (χ3n) is 3.51. The molecule has 0 aliphatic heterocycles. The number of anilines is 1. The van der Waals surface area contributed by atoms with Crippen molar-refractivity contribution in [3.05, 3.63) is 35.4 Å². The smallest absolute Gasteiger partial charge is 0.240 e. The lowest BCUT2D eigenvalue weighted by Crippen LogP contribution is -2.25. The van der Waals surface area contributed by atoms with Crippen LogP contribution in [0, 0.1) is 6.92 Å². The van der Waals surface area contributed by atoms with Crippen LogP contribution in [0.25, 0.3) is 0 Å². The number of nitrogens with two attached hydrogens (primary N) is 1. The summed E-state index contributed by atoms with van der Waals surface area (Å²) >= 11 is 0. The summed E-state index contributed by atoms with van der Waals surface area (Å²) in [6, 6.07) is 4.89. The largest absolute Gasteiger partial charge is 0.399 e. The predicted molar refractivity (Wildman–Crippen MR) is 81.9 cm³/mol. The first-order valence-corrected chi connectivity index (χ1v) is 8.50. The maximum absolute atomic E-state index is 12.2. The molecule has 0 heterocycles. The van der Waals surface area contributed by atoms with E-state index in [1.807, 2.05) is 6.92 Å². The lowest BCUT2D eigenvalue weighted by molar-refractivity contribution is 0.579. The number of allylic oxidation sites excluding steroid dienone is 1. The molecule has 1 aromatic carbocycles. The Morgan fingerprint density at radius 3 is 2.70 bits per heavy atom. The fraction of sp³-hybridized carbons (Fsp3) is 0.467. The first-order chi connectivity index (χ1) is 9.47. The van der Waals surface area contributed by atoms with Crippen LogP contribution in [0.5, 0.6) is 0 Å². The molecule has 0 unspecified atom stereocenters. The van der Waals surface area contributed by atoms with E-state index in [0.29, 0.717) is 12.2 Å². The van der Waals surface area contributed by atoms with Gasteiger partial charge in [-0.05, 0) is 62.8 Å². The SMILES string of the molecule is Cc1cc(N)cc(S(=O)(=O)NCCC2=CCCCC2)c1. The van der Waals surface area contributed by atoms with E-state index in [2.05, 4.69) is 10.8 Å². The second-order valence-electron chi connectivity index (χ2n) is 5.34. The van der Waals surface area contributed by atoms with Crippen LogP contribution in [-0.2, 0) is 10.0 Å². The minimum absolute atomic E-state index is 0.243. The van der Waals surface area contributed by atoms with Gasteiger partial charge in [0, 0.05) is 12.2 Å². The van der Waals surface area contributed by atoms with Crippen LogP contribution in [0.15, 0.2) is 34.7 Å². The number of nitrogen functional groups attached to an aromatic ring is 1. The Hall–Kier alpha value is -1.33. The van der Waals surface area contributed by atoms with Crippen molar-refractivity contribution in [2.45, 2.75) is 43.9 Å². The van der Waals surface area contributed by atoms with Gasteiger partial charge >= 0.3 is 0 Å². The molecule has 0 amide bonds. The highest BCUT2D eigenvalue weighted by molar-refractivity contribution is 7.89. The van der Waals surface area contributed by atoms with Gasteiger partial charge in [0.15, 0.2) is 0 Å². The topological polar surface area (TPSA) is 72.2 Å². The lowest BCUT2D eigenvalue weighted by atomic mass is 9.97. The number of sulfonamides is 1. The maximum Gasteiger partial charge on any atom is 0.240 e. The van der Waals surface area contributed by atoms with Crippen molar-refractivity contribution in [1.82, 2.24) is 4.72 Å². The van der Waals surface area contributed by atoms with Gasteiger partial charge in [-0.1, -0.05) is 11.6 Å². The van der Waals surface area contributed by atoms with E-state index in [4.69, 9.17) is 5.73 Å². The first-order valence-electron chi connectivity index (χ1n) is 7.02. The molecule has 0 aromatic heterocycles. The molecule has 0 fully saturated rings. The standard InChI is InChI=1S/C15H22N2O2S/c1-12-9-14(16)11-15(10-12)20(18,19)17-8-7-13-5-3-2-4-6-13/h5,9-11,17H,2-4,6-8,16H2,1H3. The summed E-state index contributed by atoms with van der Waals surface area (Å²) in [7, 11) is -3.46. The van der Waals surface area contributed by atoms with E-state index >= 15 is 0 Å². The van der Waals surface area contributed by atoms with Gasteiger partial charge in [0.05, 0.1) is 4.90 Å². The van der Waals surface area contributed by atoms with Crippen LogP contribution in [0.4, 0.5) is 5.69 Å². The highest BCUT2D eigenvalue weighted by Gasteiger charge is 2.14. The molecular weight excluding hydrogens is 272 g/mol. The third-order valence-corrected chi connectivity index (χ3v) is 4.95. The molecule has 0 atom stereocenters. The zero-order valence-corrected chi connectivity index (χ0v) is 12.7. The molecule has 20 heavy (non-hydrogen) atoms. The highest BCUT2D eigenvalue weighted by Crippen LogP contribution is 2.20. The van der Waals surface area contributed by atoms with Gasteiger partial charge in [0.2, 0.25) is 10.0 Å². The van der Waals surface area contributed by atoms with Crippen molar-refractivity contribution in [3.63, 3.8) is 0 Å². The molecule has 1 aromatic rings. The van der Waals surface area contributed by atoms with E-state index in [1.165, 1.54) is 24.5 Å². The van der Waals surface area contributed by atoms with Gasteiger partial charge in [-0.15, -0.1) is 0 Å². The summed E-state index contributed by atoms with van der Waals surface area (Å²) in [5.74, 6) is 0. The average molecular weight is 294 g/mol. The zero-order valence-electron chi connectivity index (χ0n) is 11.9. The van der Waals surface area contributed by atoms with Crippen LogP contribution in [-0.4, -0.2) is 15.0 Å². The van der Waals surface area contributed by atoms with Crippen molar-refractivity contribution in [2.24, 2.45) is 0 Å². The molecular formula is C15H22N2O2S. The Kier molecular flexibility index (Phi) is 4.83. The molecule has 3 N–H and O–H groups in total. The molecule has 1 aliphatic rings. The summed E-state index contributed by atoms with van der Waals surface area (Å²) < 4.78 is 27.0. The van der Waals surface area contributed by atoms with Gasteiger partial charge in [-0.3, -0.25) is 0 Å². The maximum atomic E-state index is 12.2. The Bertz CT molecular complexity index is 586. The Labute approximate surface area is 121 Å². The van der Waals surface area contributed by atoms with Gasteiger partial charge in [0.25, 0.3) is 0 Å². The Morgan fingerprint density at radius 1 is 1.25 bits per heavy atom. The summed E-state index contributed by atoms with van der Waals surface area (Å²) in [6.07, 6.45) is 7.71. The van der Waals surface area contributed by atoms with Crippen LogP contribution in [0.1, 0.15) is 37.7 Å². The lowest BCUT2D eigenvalue weighted by Gasteiger charge is -2.13. The van der Waals surface area contributed by atoms with Crippen LogP contribution < -0.4 is 10.5 Å². The van der Waals surface area contributed by atoms with Gasteiger partial charge < -0.3 is 5.73 Å². The van der Waals surface area contributed by atoms with E-state index in [0.717, 1.165) is 24.8 Å². The van der Waals surface area contributed by atoms with E-state index in [9.17, 15) is 8.42 Å². The average Bonchev–Trinajstić information content (AvgIpc) is 2.38. The molecule has 5 heteroatoms. The highest BCUT2D eigenvalue weighted by atomic mass is 32.2. The number of aryl methyl sites for hydroxylation is 1. The van der Waals surface area contributed by atoms with Crippen LogP contribution in [0.2, 0.25) is 0 Å². The third kappa shape index (κ3) is 4.08. The molecule has 2 rings (SSSR count). The molecule has 4 nitrogen and oxygen atoms in total. The molecule has 0 bridgehead atoms. The molecule has 1 aliphatic carbocycles. The van der Waals surface area contributed by atoms with Crippen molar-refractivity contribution >= 4 is 15.7 Å². The molecule has 110 valence electrons. The van der Waals surface area contributed by atoms with E-state index in [1.54, 1.807) is 12.1 Å². The van der Waals surface area contributed by atoms with Gasteiger partial charge in [0.1, 0.15) is 0 Å². The Balaban J connectivity index is 1.98.